The molecule has 1 N–H and O–H groups in total. The molecule has 0 saturated carbocycles. The predicted molar refractivity (Wildman–Crippen MR) is 129 cm³/mol. The minimum Gasteiger partial charge on any atom is -0.350 e. The Morgan fingerprint density at radius 3 is 2.39 bits per heavy atom. The van der Waals surface area contributed by atoms with Crippen LogP contribution in [0.3, 0.4) is 0 Å². The average molecular weight is 490 g/mol. The molecule has 7 nitrogen and oxygen atoms in total. The fourth-order valence-electron chi connectivity index (χ4n) is 5.14. The van der Waals surface area contributed by atoms with E-state index in [4.69, 9.17) is 11.6 Å². The van der Waals surface area contributed by atoms with Gasteiger partial charge in [0.15, 0.2) is 0 Å². The van der Waals surface area contributed by atoms with Gasteiger partial charge in [-0.1, -0.05) is 48.0 Å². The van der Waals surface area contributed by atoms with E-state index in [-0.39, 0.29) is 30.8 Å². The van der Waals surface area contributed by atoms with Gasteiger partial charge in [0.2, 0.25) is 21.8 Å². The molecule has 0 radical (unpaired) electrons. The van der Waals surface area contributed by atoms with Gasteiger partial charge < -0.3 is 5.32 Å². The number of piperidine rings is 1. The monoisotopic (exact) mass is 489 g/mol. The van der Waals surface area contributed by atoms with Crippen LogP contribution in [0.4, 0.5) is 5.69 Å². The highest BCUT2D eigenvalue weighted by atomic mass is 35.5. The molecule has 1 spiro atoms. The van der Waals surface area contributed by atoms with Gasteiger partial charge in [0.25, 0.3) is 0 Å². The first-order valence-corrected chi connectivity index (χ1v) is 13.3. The summed E-state index contributed by atoms with van der Waals surface area (Å²) in [5.74, 6) is -0.857. The molecule has 9 heteroatoms. The molecule has 1 unspecified atom stereocenters. The molecule has 2 aromatic rings. The summed E-state index contributed by atoms with van der Waals surface area (Å²) in [6.45, 7) is 2.88. The minimum atomic E-state index is -3.35. The molecule has 0 bridgehead atoms. The molecule has 176 valence electrons. The maximum absolute atomic E-state index is 13.7. The van der Waals surface area contributed by atoms with Crippen LogP contribution in [0.15, 0.2) is 48.5 Å². The SMILES string of the molecule is Cc1ccc2c(c1)C1(CCN(S(C)(=O)=O)CC1)C(C(=O)NCc1ccccc1)N2C(=O)CCl. The largest absolute Gasteiger partial charge is 0.350 e. The van der Waals surface area contributed by atoms with Crippen LogP contribution in [0.2, 0.25) is 0 Å². The molecule has 1 fully saturated rings. The zero-order valence-corrected chi connectivity index (χ0v) is 20.3. The number of nitrogens with one attached hydrogen (secondary N) is 1. The van der Waals surface area contributed by atoms with Crippen molar-refractivity contribution in [3.05, 3.63) is 65.2 Å². The Kier molecular flexibility index (Phi) is 6.53. The maximum Gasteiger partial charge on any atom is 0.244 e. The molecule has 0 aromatic heterocycles. The van der Waals surface area contributed by atoms with Crippen molar-refractivity contribution in [3.63, 3.8) is 0 Å². The molecular formula is C24H28ClN3O4S. The second-order valence-electron chi connectivity index (χ2n) is 8.84. The summed E-state index contributed by atoms with van der Waals surface area (Å²) in [5.41, 5.74) is 2.87. The number of fused-ring (bicyclic) bond motifs is 2. The average Bonchev–Trinajstić information content (AvgIpc) is 3.06. The number of alkyl halides is 1. The number of benzene rings is 2. The zero-order chi connectivity index (χ0) is 23.8. The summed E-state index contributed by atoms with van der Waals surface area (Å²) in [4.78, 5) is 28.2. The van der Waals surface area contributed by atoms with Crippen LogP contribution in [-0.4, -0.2) is 55.8 Å². The maximum atomic E-state index is 13.7. The topological polar surface area (TPSA) is 86.8 Å². The first-order chi connectivity index (χ1) is 15.7. The fourth-order valence-corrected chi connectivity index (χ4v) is 6.12. The molecule has 2 aliphatic heterocycles. The van der Waals surface area contributed by atoms with Gasteiger partial charge in [-0.25, -0.2) is 12.7 Å². The van der Waals surface area contributed by atoms with E-state index in [9.17, 15) is 18.0 Å². The first-order valence-electron chi connectivity index (χ1n) is 10.9. The van der Waals surface area contributed by atoms with E-state index in [0.717, 1.165) is 16.7 Å². The number of anilines is 1. The fraction of sp³-hybridized carbons (Fsp3) is 0.417. The lowest BCUT2D eigenvalue weighted by molar-refractivity contribution is -0.127. The van der Waals surface area contributed by atoms with Crippen molar-refractivity contribution in [1.29, 1.82) is 0 Å². The van der Waals surface area contributed by atoms with Gasteiger partial charge >= 0.3 is 0 Å². The normalized spacial score (nSPS) is 20.0. The van der Waals surface area contributed by atoms with E-state index >= 15 is 0 Å². The van der Waals surface area contributed by atoms with Crippen LogP contribution >= 0.6 is 11.6 Å². The minimum absolute atomic E-state index is 0.249. The summed E-state index contributed by atoms with van der Waals surface area (Å²) < 4.78 is 25.7. The van der Waals surface area contributed by atoms with Gasteiger partial charge in [-0.3, -0.25) is 14.5 Å². The lowest BCUT2D eigenvalue weighted by Crippen LogP contribution is -2.59. The summed E-state index contributed by atoms with van der Waals surface area (Å²) in [6.07, 6.45) is 2.07. The lowest BCUT2D eigenvalue weighted by Gasteiger charge is -2.43. The second kappa shape index (κ2) is 9.08. The molecule has 2 heterocycles. The molecule has 2 aromatic carbocycles. The van der Waals surface area contributed by atoms with Crippen molar-refractivity contribution >= 4 is 39.1 Å². The highest BCUT2D eigenvalue weighted by Crippen LogP contribution is 2.52. The number of halogens is 1. The summed E-state index contributed by atoms with van der Waals surface area (Å²) in [7, 11) is -3.35. The Balaban J connectivity index is 1.74. The summed E-state index contributed by atoms with van der Waals surface area (Å²) in [5, 5.41) is 3.00. The Morgan fingerprint density at radius 1 is 1.12 bits per heavy atom. The Bertz CT molecular complexity index is 1160. The molecule has 1 atom stereocenters. The predicted octanol–water partition coefficient (Wildman–Crippen LogP) is 2.56. The number of aryl methyl sites for hydroxylation is 1. The summed E-state index contributed by atoms with van der Waals surface area (Å²) in [6, 6.07) is 14.6. The van der Waals surface area contributed by atoms with E-state index in [1.807, 2.05) is 55.5 Å². The zero-order valence-electron chi connectivity index (χ0n) is 18.8. The number of rotatable bonds is 5. The molecule has 1 saturated heterocycles. The van der Waals surface area contributed by atoms with E-state index < -0.39 is 21.5 Å². The van der Waals surface area contributed by atoms with Crippen LogP contribution in [0.1, 0.15) is 29.5 Å². The molecule has 0 aliphatic carbocycles. The van der Waals surface area contributed by atoms with Crippen LogP contribution in [0.5, 0.6) is 0 Å². The first kappa shape index (κ1) is 23.7. The Morgan fingerprint density at radius 2 is 1.79 bits per heavy atom. The van der Waals surface area contributed by atoms with Crippen LogP contribution < -0.4 is 10.2 Å². The third-order valence-electron chi connectivity index (χ3n) is 6.75. The van der Waals surface area contributed by atoms with Crippen molar-refractivity contribution in [2.24, 2.45) is 0 Å². The van der Waals surface area contributed by atoms with Crippen LogP contribution in [0.25, 0.3) is 0 Å². The molecule has 4 rings (SSSR count). The standard InChI is InChI=1S/C24H28ClN3O4S/c1-17-8-9-20-19(14-17)24(10-12-27(13-11-24)33(2,31)32)22(28(20)21(29)15-25)23(30)26-16-18-6-4-3-5-7-18/h3-9,14,22H,10-13,15-16H2,1-2H3,(H,26,30). The highest BCUT2D eigenvalue weighted by molar-refractivity contribution is 7.88. The number of nitrogens with zero attached hydrogens (tertiary/aromatic N) is 2. The van der Waals surface area contributed by atoms with E-state index in [1.54, 1.807) is 0 Å². The number of amides is 2. The van der Waals surface area contributed by atoms with Crippen molar-refractivity contribution < 1.29 is 18.0 Å². The molecule has 2 aliphatic rings. The third-order valence-corrected chi connectivity index (χ3v) is 8.29. The number of sulfonamides is 1. The summed E-state index contributed by atoms with van der Waals surface area (Å²) >= 11 is 5.97. The van der Waals surface area contributed by atoms with Crippen LogP contribution in [-0.2, 0) is 31.6 Å². The van der Waals surface area contributed by atoms with E-state index in [0.29, 0.717) is 25.1 Å². The van der Waals surface area contributed by atoms with Gasteiger partial charge in [-0.15, -0.1) is 11.6 Å². The molecule has 2 amide bonds. The number of carbonyl (C=O) groups is 2. The van der Waals surface area contributed by atoms with Gasteiger partial charge in [-0.2, -0.15) is 0 Å². The van der Waals surface area contributed by atoms with Crippen molar-refractivity contribution in [2.45, 2.75) is 37.8 Å². The number of hydrogen-bond acceptors (Lipinski definition) is 4. The van der Waals surface area contributed by atoms with Gasteiger partial charge in [0.1, 0.15) is 11.9 Å². The Hall–Kier alpha value is -2.42. The Labute approximate surface area is 199 Å². The van der Waals surface area contributed by atoms with Crippen molar-refractivity contribution in [2.75, 3.05) is 30.1 Å². The lowest BCUT2D eigenvalue weighted by atomic mass is 9.69. The second-order valence-corrected chi connectivity index (χ2v) is 11.1. The number of carbonyl (C=O) groups excluding carboxylic acids is 2. The van der Waals surface area contributed by atoms with Crippen LogP contribution in [0, 0.1) is 6.92 Å². The smallest absolute Gasteiger partial charge is 0.244 e. The molecule has 33 heavy (non-hydrogen) atoms. The third kappa shape index (κ3) is 4.39. The van der Waals surface area contributed by atoms with E-state index in [1.165, 1.54) is 15.5 Å². The molecular weight excluding hydrogens is 462 g/mol. The van der Waals surface area contributed by atoms with Crippen molar-refractivity contribution in [1.82, 2.24) is 9.62 Å². The van der Waals surface area contributed by atoms with E-state index in [2.05, 4.69) is 5.32 Å². The quantitative estimate of drug-likeness (QED) is 0.654. The van der Waals surface area contributed by atoms with Crippen molar-refractivity contribution in [3.8, 4) is 0 Å². The highest BCUT2D eigenvalue weighted by Gasteiger charge is 2.57. The van der Waals surface area contributed by atoms with Gasteiger partial charge in [-0.05, 0) is 37.0 Å². The van der Waals surface area contributed by atoms with Gasteiger partial charge in [0.05, 0.1) is 6.26 Å². The number of hydrogen-bond donors (Lipinski definition) is 1. The van der Waals surface area contributed by atoms with Gasteiger partial charge in [0, 0.05) is 30.7 Å².